The van der Waals surface area contributed by atoms with Gasteiger partial charge in [0.2, 0.25) is 0 Å². The Bertz CT molecular complexity index is 523. The summed E-state index contributed by atoms with van der Waals surface area (Å²) >= 11 is 0. The van der Waals surface area contributed by atoms with Crippen molar-refractivity contribution in [1.82, 2.24) is 19.8 Å². The molecule has 5 nitrogen and oxygen atoms in total. The van der Waals surface area contributed by atoms with Crippen molar-refractivity contribution in [2.75, 3.05) is 0 Å². The first-order valence-electron chi connectivity index (χ1n) is 4.54. The van der Waals surface area contributed by atoms with Gasteiger partial charge in [0.05, 0.1) is 5.69 Å². The predicted molar refractivity (Wildman–Crippen MR) is 52.4 cm³/mol. The van der Waals surface area contributed by atoms with E-state index in [0.29, 0.717) is 5.52 Å². The molecule has 0 spiro atoms. The van der Waals surface area contributed by atoms with Crippen molar-refractivity contribution in [3.63, 3.8) is 0 Å². The zero-order valence-corrected chi connectivity index (χ0v) is 8.40. The molecule has 0 radical (unpaired) electrons. The number of aromatic amines is 1. The van der Waals surface area contributed by atoms with Gasteiger partial charge in [-0.25, -0.2) is 9.61 Å². The molecule has 0 aliphatic carbocycles. The van der Waals surface area contributed by atoms with Gasteiger partial charge in [-0.2, -0.15) is 10.2 Å². The molecule has 2 rings (SSSR count). The number of hydrogen-bond acceptors (Lipinski definition) is 3. The number of aryl methyl sites for hydroxylation is 1. The Kier molecular flexibility index (Phi) is 1.87. The Morgan fingerprint density at radius 1 is 1.50 bits per heavy atom. The summed E-state index contributed by atoms with van der Waals surface area (Å²) in [4.78, 5) is 11.4. The van der Waals surface area contributed by atoms with Crippen LogP contribution in [0.15, 0.2) is 10.9 Å². The van der Waals surface area contributed by atoms with Crippen molar-refractivity contribution >= 4 is 5.52 Å². The molecule has 5 heteroatoms. The van der Waals surface area contributed by atoms with Gasteiger partial charge in [-0.15, -0.1) is 0 Å². The monoisotopic (exact) mass is 192 g/mol. The molecule has 74 valence electrons. The van der Waals surface area contributed by atoms with E-state index in [9.17, 15) is 4.79 Å². The number of rotatable bonds is 1. The lowest BCUT2D eigenvalue weighted by Crippen LogP contribution is -2.17. The number of aromatic nitrogens is 4. The molecule has 0 fully saturated rings. The normalized spacial score (nSPS) is 11.4. The summed E-state index contributed by atoms with van der Waals surface area (Å²) in [7, 11) is 0. The van der Waals surface area contributed by atoms with Crippen LogP contribution in [0.4, 0.5) is 0 Å². The van der Waals surface area contributed by atoms with Gasteiger partial charge < -0.3 is 0 Å². The molecule has 0 saturated carbocycles. The maximum absolute atomic E-state index is 11.4. The summed E-state index contributed by atoms with van der Waals surface area (Å²) in [5.74, 6) is 1.00. The summed E-state index contributed by atoms with van der Waals surface area (Å²) in [6.45, 7) is 5.88. The molecule has 0 aliphatic heterocycles. The fraction of sp³-hybridized carbons (Fsp3) is 0.444. The minimum Gasteiger partial charge on any atom is -0.266 e. The van der Waals surface area contributed by atoms with E-state index in [1.807, 2.05) is 20.8 Å². The van der Waals surface area contributed by atoms with Gasteiger partial charge in [0.15, 0.2) is 5.82 Å². The second-order valence-electron chi connectivity index (χ2n) is 3.65. The van der Waals surface area contributed by atoms with Crippen LogP contribution in [0.5, 0.6) is 0 Å². The van der Waals surface area contributed by atoms with Crippen molar-refractivity contribution in [3.8, 4) is 0 Å². The maximum Gasteiger partial charge on any atom is 0.290 e. The van der Waals surface area contributed by atoms with Crippen LogP contribution in [0.25, 0.3) is 5.52 Å². The van der Waals surface area contributed by atoms with Crippen LogP contribution in [-0.4, -0.2) is 19.8 Å². The maximum atomic E-state index is 11.4. The summed E-state index contributed by atoms with van der Waals surface area (Å²) in [6.07, 6.45) is 0. The van der Waals surface area contributed by atoms with Crippen LogP contribution in [0, 0.1) is 6.92 Å². The molecular weight excluding hydrogens is 180 g/mol. The highest BCUT2D eigenvalue weighted by Gasteiger charge is 2.10. The van der Waals surface area contributed by atoms with E-state index in [-0.39, 0.29) is 11.5 Å². The van der Waals surface area contributed by atoms with Gasteiger partial charge in [-0.1, -0.05) is 13.8 Å². The van der Waals surface area contributed by atoms with Gasteiger partial charge in [-0.3, -0.25) is 4.79 Å². The van der Waals surface area contributed by atoms with Crippen molar-refractivity contribution in [3.05, 3.63) is 27.9 Å². The molecule has 0 atom stereocenters. The molecule has 1 N–H and O–H groups in total. The highest BCUT2D eigenvalue weighted by atomic mass is 16.1. The predicted octanol–water partition coefficient (Wildman–Crippen LogP) is 0.849. The fourth-order valence-corrected chi connectivity index (χ4v) is 1.42. The first-order chi connectivity index (χ1) is 6.59. The van der Waals surface area contributed by atoms with E-state index in [2.05, 4.69) is 15.3 Å². The average Bonchev–Trinajstić information content (AvgIpc) is 2.47. The van der Waals surface area contributed by atoms with Crippen LogP contribution >= 0.6 is 0 Å². The molecule has 0 amide bonds. The van der Waals surface area contributed by atoms with Crippen LogP contribution < -0.4 is 5.56 Å². The SMILES string of the molecule is Cc1cc2c(=O)[nH]nc(C(C)C)n2n1. The summed E-state index contributed by atoms with van der Waals surface area (Å²) in [5.41, 5.74) is 1.18. The highest BCUT2D eigenvalue weighted by molar-refractivity contribution is 5.45. The molecule has 2 aromatic heterocycles. The Labute approximate surface area is 80.8 Å². The average molecular weight is 192 g/mol. The molecule has 14 heavy (non-hydrogen) atoms. The third-order valence-electron chi connectivity index (χ3n) is 2.07. The zero-order valence-electron chi connectivity index (χ0n) is 8.40. The Balaban J connectivity index is 2.88. The Hall–Kier alpha value is -1.65. The van der Waals surface area contributed by atoms with Crippen LogP contribution in [0.1, 0.15) is 31.3 Å². The largest absolute Gasteiger partial charge is 0.290 e. The molecule has 0 unspecified atom stereocenters. The van der Waals surface area contributed by atoms with Crippen molar-refractivity contribution in [2.24, 2.45) is 0 Å². The fourth-order valence-electron chi connectivity index (χ4n) is 1.42. The smallest absolute Gasteiger partial charge is 0.266 e. The number of fused-ring (bicyclic) bond motifs is 1. The van der Waals surface area contributed by atoms with E-state index in [0.717, 1.165) is 11.5 Å². The molecule has 0 bridgehead atoms. The van der Waals surface area contributed by atoms with Gasteiger partial charge in [0.1, 0.15) is 5.52 Å². The zero-order chi connectivity index (χ0) is 10.3. The van der Waals surface area contributed by atoms with Crippen LogP contribution in [0.3, 0.4) is 0 Å². The second-order valence-corrected chi connectivity index (χ2v) is 3.65. The summed E-state index contributed by atoms with van der Waals surface area (Å²) < 4.78 is 1.61. The lowest BCUT2D eigenvalue weighted by atomic mass is 10.2. The lowest BCUT2D eigenvalue weighted by Gasteiger charge is -2.04. The van der Waals surface area contributed by atoms with Gasteiger partial charge in [0.25, 0.3) is 5.56 Å². The molecule has 0 aromatic carbocycles. The molecule has 2 heterocycles. The van der Waals surface area contributed by atoms with Crippen molar-refractivity contribution < 1.29 is 0 Å². The molecular formula is C9H12N4O. The summed E-state index contributed by atoms with van der Waals surface area (Å²) in [5, 5.41) is 10.7. The Morgan fingerprint density at radius 3 is 2.86 bits per heavy atom. The number of nitrogens with one attached hydrogen (secondary N) is 1. The molecule has 2 aromatic rings. The summed E-state index contributed by atoms with van der Waals surface area (Å²) in [6, 6.07) is 1.76. The number of nitrogens with zero attached hydrogens (tertiary/aromatic N) is 3. The number of hydrogen-bond donors (Lipinski definition) is 1. The number of H-pyrrole nitrogens is 1. The van der Waals surface area contributed by atoms with Crippen LogP contribution in [-0.2, 0) is 0 Å². The third kappa shape index (κ3) is 1.21. The Morgan fingerprint density at radius 2 is 2.21 bits per heavy atom. The van der Waals surface area contributed by atoms with E-state index < -0.39 is 0 Å². The molecule has 0 saturated heterocycles. The van der Waals surface area contributed by atoms with E-state index >= 15 is 0 Å². The van der Waals surface area contributed by atoms with E-state index in [1.54, 1.807) is 10.6 Å². The first-order valence-corrected chi connectivity index (χ1v) is 4.54. The minimum atomic E-state index is -0.199. The van der Waals surface area contributed by atoms with Crippen molar-refractivity contribution in [1.29, 1.82) is 0 Å². The quantitative estimate of drug-likeness (QED) is 0.728. The molecule has 0 aliphatic rings. The standard InChI is InChI=1S/C9H12N4O/c1-5(2)8-10-11-9(14)7-4-6(3)12-13(7)8/h4-5H,1-3H3,(H,11,14). The first kappa shape index (κ1) is 8.93. The van der Waals surface area contributed by atoms with Gasteiger partial charge in [-0.05, 0) is 13.0 Å². The van der Waals surface area contributed by atoms with Gasteiger partial charge >= 0.3 is 0 Å². The lowest BCUT2D eigenvalue weighted by molar-refractivity contribution is 0.673. The minimum absolute atomic E-state index is 0.199. The van der Waals surface area contributed by atoms with E-state index in [1.165, 1.54) is 0 Å². The van der Waals surface area contributed by atoms with Crippen molar-refractivity contribution in [2.45, 2.75) is 26.7 Å². The second kappa shape index (κ2) is 2.94. The highest BCUT2D eigenvalue weighted by Crippen LogP contribution is 2.10. The third-order valence-corrected chi connectivity index (χ3v) is 2.07. The van der Waals surface area contributed by atoms with E-state index in [4.69, 9.17) is 0 Å². The topological polar surface area (TPSA) is 63.0 Å². The van der Waals surface area contributed by atoms with Crippen LogP contribution in [0.2, 0.25) is 0 Å². The van der Waals surface area contributed by atoms with Gasteiger partial charge in [0, 0.05) is 5.92 Å².